The third-order valence-corrected chi connectivity index (χ3v) is 9.31. The Morgan fingerprint density at radius 3 is 2.50 bits per heavy atom. The summed E-state index contributed by atoms with van der Waals surface area (Å²) in [6, 6.07) is 4.39. The number of amides is 1. The molecule has 0 radical (unpaired) electrons. The van der Waals surface area contributed by atoms with Crippen LogP contribution in [0.4, 0.5) is 0 Å². The van der Waals surface area contributed by atoms with Gasteiger partial charge in [0.05, 0.1) is 11.1 Å². The Hall–Kier alpha value is -2.20. The lowest BCUT2D eigenvalue weighted by Crippen LogP contribution is -2.51. The van der Waals surface area contributed by atoms with Crippen LogP contribution in [0.15, 0.2) is 21.8 Å². The van der Waals surface area contributed by atoms with E-state index in [0.29, 0.717) is 45.3 Å². The molecule has 2 heterocycles. The number of hydrogen-bond acceptors (Lipinski definition) is 7. The van der Waals surface area contributed by atoms with E-state index in [2.05, 4.69) is 15.6 Å². The number of fused-ring (bicyclic) bond motifs is 1. The van der Waals surface area contributed by atoms with Crippen LogP contribution in [0.25, 0.3) is 0 Å². The molecule has 1 aromatic carbocycles. The molecule has 2 saturated carbocycles. The van der Waals surface area contributed by atoms with Crippen LogP contribution in [-0.4, -0.2) is 46.2 Å². The molecule has 1 atom stereocenters. The van der Waals surface area contributed by atoms with Gasteiger partial charge in [0.25, 0.3) is 17.3 Å². The molecule has 0 bridgehead atoms. The van der Waals surface area contributed by atoms with Crippen LogP contribution in [0.2, 0.25) is 5.02 Å². The fraction of sp³-hybridized carbons (Fsp3) is 0.571. The summed E-state index contributed by atoms with van der Waals surface area (Å²) >= 11 is 8.08. The Kier molecular flexibility index (Phi) is 7.75. The maximum absolute atomic E-state index is 13.2. The van der Waals surface area contributed by atoms with Gasteiger partial charge in [0.1, 0.15) is 0 Å². The van der Waals surface area contributed by atoms with Gasteiger partial charge in [-0.25, -0.2) is 0 Å². The maximum Gasteiger partial charge on any atom is 0.254 e. The number of rotatable bonds is 7. The van der Waals surface area contributed by atoms with Gasteiger partial charge in [0.2, 0.25) is 0 Å². The summed E-state index contributed by atoms with van der Waals surface area (Å²) in [6.45, 7) is 5.72. The van der Waals surface area contributed by atoms with Gasteiger partial charge in [-0.3, -0.25) is 9.59 Å². The van der Waals surface area contributed by atoms with Gasteiger partial charge in [-0.2, -0.15) is 0 Å². The fourth-order valence-electron chi connectivity index (χ4n) is 5.89. The van der Waals surface area contributed by atoms with Crippen molar-refractivity contribution in [2.75, 3.05) is 6.26 Å². The predicted octanol–water partition coefficient (Wildman–Crippen LogP) is 4.46. The molecule has 0 saturated heterocycles. The third-order valence-electron chi connectivity index (χ3n) is 8.22. The number of H-pyrrole nitrogens is 1. The van der Waals surface area contributed by atoms with Crippen molar-refractivity contribution < 1.29 is 19.4 Å². The first-order chi connectivity index (χ1) is 18.1. The number of nitrogens with one attached hydrogen (secondary N) is 3. The standard InChI is InChI=1S/C28H36ClN3O5S/c1-14-9-23(38-4)21(27(35)31-14)13-30-26(34)20-12-22(29)25-24(15(20)2)36-28(3,37-25)16-5-7-17(8-6-16)32-18-10-19(33)11-18/h9,12,16-19,32-33H,5-8,10-11,13H2,1-4H3,(H,30,34)(H,31,35)/t16-,17-,18-,19-,28-/m0/s1. The average Bonchev–Trinajstić information content (AvgIpc) is 3.24. The minimum absolute atomic E-state index is 0.102. The second-order valence-corrected chi connectivity index (χ2v) is 12.2. The number of pyridine rings is 1. The lowest BCUT2D eigenvalue weighted by Gasteiger charge is -2.40. The van der Waals surface area contributed by atoms with Crippen molar-refractivity contribution in [3.63, 3.8) is 0 Å². The molecule has 38 heavy (non-hydrogen) atoms. The van der Waals surface area contributed by atoms with Gasteiger partial charge < -0.3 is 30.2 Å². The Labute approximate surface area is 232 Å². The molecule has 1 aliphatic heterocycles. The number of ether oxygens (including phenoxy) is 2. The second kappa shape index (κ2) is 10.8. The van der Waals surface area contributed by atoms with Crippen molar-refractivity contribution in [1.29, 1.82) is 0 Å². The van der Waals surface area contributed by atoms with Crippen molar-refractivity contribution in [1.82, 2.24) is 15.6 Å². The molecule has 2 aliphatic carbocycles. The second-order valence-electron chi connectivity index (χ2n) is 11.0. The quantitative estimate of drug-likeness (QED) is 0.369. The maximum atomic E-state index is 13.2. The highest BCUT2D eigenvalue weighted by atomic mass is 35.5. The van der Waals surface area contributed by atoms with E-state index in [0.717, 1.165) is 49.1 Å². The number of aromatic nitrogens is 1. The number of thioether (sulfide) groups is 1. The molecule has 5 rings (SSSR count). The molecule has 1 amide bonds. The first kappa shape index (κ1) is 27.4. The first-order valence-corrected chi connectivity index (χ1v) is 14.9. The van der Waals surface area contributed by atoms with E-state index in [1.807, 2.05) is 33.1 Å². The molecule has 1 aromatic heterocycles. The van der Waals surface area contributed by atoms with E-state index >= 15 is 0 Å². The molecule has 0 unspecified atom stereocenters. The van der Waals surface area contributed by atoms with Gasteiger partial charge in [0, 0.05) is 58.7 Å². The number of carbonyl (C=O) groups is 1. The van der Waals surface area contributed by atoms with Gasteiger partial charge >= 0.3 is 0 Å². The molecular weight excluding hydrogens is 526 g/mol. The van der Waals surface area contributed by atoms with Crippen molar-refractivity contribution >= 4 is 29.3 Å². The number of carbonyl (C=O) groups excluding carboxylic acids is 1. The first-order valence-electron chi connectivity index (χ1n) is 13.3. The zero-order valence-corrected chi connectivity index (χ0v) is 23.9. The Balaban J connectivity index is 1.26. The number of hydrogen-bond donors (Lipinski definition) is 4. The van der Waals surface area contributed by atoms with Crippen LogP contribution in [0.5, 0.6) is 11.5 Å². The molecular formula is C28H36ClN3O5S. The lowest BCUT2D eigenvalue weighted by molar-refractivity contribution is -0.121. The van der Waals surface area contributed by atoms with Gasteiger partial charge in [-0.1, -0.05) is 11.6 Å². The zero-order valence-electron chi connectivity index (χ0n) is 22.3. The summed E-state index contributed by atoms with van der Waals surface area (Å²) in [5.74, 6) is -0.0141. The van der Waals surface area contributed by atoms with Crippen LogP contribution >= 0.6 is 23.4 Å². The topological polar surface area (TPSA) is 113 Å². The third kappa shape index (κ3) is 5.30. The SMILES string of the molecule is CSc1cc(C)[nH]c(=O)c1CNC(=O)c1cc(Cl)c2c(c1C)O[C@](C)([C@H]1CC[C@H](N[C@H]3C[C@H](O)C3)CC1)O2. The minimum Gasteiger partial charge on any atom is -0.448 e. The molecule has 3 aliphatic rings. The smallest absolute Gasteiger partial charge is 0.254 e. The number of aryl methyl sites for hydroxylation is 1. The number of halogens is 1. The highest BCUT2D eigenvalue weighted by Gasteiger charge is 2.47. The Morgan fingerprint density at radius 1 is 1.16 bits per heavy atom. The largest absolute Gasteiger partial charge is 0.448 e. The van der Waals surface area contributed by atoms with Crippen molar-refractivity contribution in [2.45, 2.75) is 94.7 Å². The molecule has 2 aromatic rings. The summed E-state index contributed by atoms with van der Waals surface area (Å²) in [7, 11) is 0. The van der Waals surface area contributed by atoms with Crippen LogP contribution in [-0.2, 0) is 6.54 Å². The summed E-state index contributed by atoms with van der Waals surface area (Å²) in [6.07, 6.45) is 7.37. The van der Waals surface area contributed by atoms with E-state index in [9.17, 15) is 14.7 Å². The molecule has 8 nitrogen and oxygen atoms in total. The van der Waals surface area contributed by atoms with Crippen molar-refractivity contribution in [3.05, 3.63) is 49.9 Å². The normalized spacial score (nSPS) is 28.2. The average molecular weight is 562 g/mol. The van der Waals surface area contributed by atoms with Crippen LogP contribution in [0.1, 0.15) is 72.6 Å². The van der Waals surface area contributed by atoms with Crippen LogP contribution < -0.4 is 25.7 Å². The predicted molar refractivity (Wildman–Crippen MR) is 149 cm³/mol. The summed E-state index contributed by atoms with van der Waals surface area (Å²) in [4.78, 5) is 29.3. The van der Waals surface area contributed by atoms with E-state index in [4.69, 9.17) is 21.1 Å². The number of aromatic amines is 1. The van der Waals surface area contributed by atoms with E-state index in [-0.39, 0.29) is 30.0 Å². The van der Waals surface area contributed by atoms with Crippen LogP contribution in [0.3, 0.4) is 0 Å². The minimum atomic E-state index is -0.855. The van der Waals surface area contributed by atoms with Gasteiger partial charge in [0.15, 0.2) is 11.5 Å². The van der Waals surface area contributed by atoms with Crippen molar-refractivity contribution in [3.8, 4) is 11.5 Å². The zero-order chi connectivity index (χ0) is 27.2. The fourth-order valence-corrected chi connectivity index (χ4v) is 6.83. The monoisotopic (exact) mass is 561 g/mol. The van der Waals surface area contributed by atoms with Crippen molar-refractivity contribution in [2.24, 2.45) is 5.92 Å². The summed E-state index contributed by atoms with van der Waals surface area (Å²) in [5, 5.41) is 16.4. The van der Waals surface area contributed by atoms with Gasteiger partial charge in [-0.05, 0) is 70.8 Å². The van der Waals surface area contributed by atoms with E-state index in [1.165, 1.54) is 11.8 Å². The Morgan fingerprint density at radius 2 is 1.84 bits per heavy atom. The Bertz CT molecular complexity index is 1290. The summed E-state index contributed by atoms with van der Waals surface area (Å²) < 4.78 is 12.8. The number of benzene rings is 1. The number of aliphatic hydroxyl groups excluding tert-OH is 1. The summed E-state index contributed by atoms with van der Waals surface area (Å²) in [5.41, 5.74) is 2.14. The molecule has 206 valence electrons. The molecule has 2 fully saturated rings. The van der Waals surface area contributed by atoms with Crippen LogP contribution in [0, 0.1) is 19.8 Å². The number of aliphatic hydroxyl groups is 1. The van der Waals surface area contributed by atoms with Gasteiger partial charge in [-0.15, -0.1) is 11.8 Å². The van der Waals surface area contributed by atoms with E-state index < -0.39 is 5.79 Å². The molecule has 10 heteroatoms. The van der Waals surface area contributed by atoms with E-state index in [1.54, 1.807) is 6.07 Å². The molecule has 0 spiro atoms. The molecule has 4 N–H and O–H groups in total. The lowest BCUT2D eigenvalue weighted by atomic mass is 9.80. The highest BCUT2D eigenvalue weighted by molar-refractivity contribution is 7.98. The highest BCUT2D eigenvalue weighted by Crippen LogP contribution is 2.51.